The molecule has 0 unspecified atom stereocenters. The van der Waals surface area contributed by atoms with E-state index >= 15 is 0 Å². The van der Waals surface area contributed by atoms with E-state index in [1.54, 1.807) is 0 Å². The Morgan fingerprint density at radius 1 is 1.00 bits per heavy atom. The molecular weight excluding hydrogens is 220 g/mol. The Kier molecular flexibility index (Phi) is 8.03. The molecule has 0 spiro atoms. The van der Waals surface area contributed by atoms with Crippen LogP contribution in [0.15, 0.2) is 42.2 Å². The van der Waals surface area contributed by atoms with Crippen molar-refractivity contribution >= 4 is 0 Å². The SMILES string of the molecule is CCC=C(CCCCCCC)Oc1ccccc1. The summed E-state index contributed by atoms with van der Waals surface area (Å²) in [5.41, 5.74) is 0. The fourth-order valence-electron chi connectivity index (χ4n) is 1.97. The lowest BCUT2D eigenvalue weighted by atomic mass is 10.1. The van der Waals surface area contributed by atoms with Gasteiger partial charge in [0.25, 0.3) is 0 Å². The molecule has 1 nitrogen and oxygen atoms in total. The molecule has 1 heteroatoms. The zero-order valence-corrected chi connectivity index (χ0v) is 11.8. The number of rotatable bonds is 9. The minimum Gasteiger partial charge on any atom is -0.462 e. The van der Waals surface area contributed by atoms with Crippen molar-refractivity contribution in [3.05, 3.63) is 42.2 Å². The van der Waals surface area contributed by atoms with Crippen molar-refractivity contribution in [3.63, 3.8) is 0 Å². The maximum atomic E-state index is 5.92. The summed E-state index contributed by atoms with van der Waals surface area (Å²) in [6.45, 7) is 4.41. The molecule has 0 atom stereocenters. The summed E-state index contributed by atoms with van der Waals surface area (Å²) in [4.78, 5) is 0. The summed E-state index contributed by atoms with van der Waals surface area (Å²) < 4.78 is 5.92. The third kappa shape index (κ3) is 6.48. The van der Waals surface area contributed by atoms with Gasteiger partial charge in [-0.3, -0.25) is 0 Å². The molecule has 0 heterocycles. The summed E-state index contributed by atoms with van der Waals surface area (Å²) in [6.07, 6.45) is 10.9. The van der Waals surface area contributed by atoms with Crippen LogP contribution in [0.1, 0.15) is 58.8 Å². The van der Waals surface area contributed by atoms with Crippen LogP contribution in [0.25, 0.3) is 0 Å². The number of hydrogen-bond donors (Lipinski definition) is 0. The minimum atomic E-state index is 0.950. The van der Waals surface area contributed by atoms with Crippen LogP contribution in [-0.2, 0) is 0 Å². The number of benzene rings is 1. The first-order valence-electron chi connectivity index (χ1n) is 7.28. The van der Waals surface area contributed by atoms with E-state index in [0.29, 0.717) is 0 Å². The third-order valence-electron chi connectivity index (χ3n) is 2.95. The summed E-state index contributed by atoms with van der Waals surface area (Å²) in [7, 11) is 0. The van der Waals surface area contributed by atoms with Gasteiger partial charge in [-0.05, 0) is 31.1 Å². The number of para-hydroxylation sites is 1. The van der Waals surface area contributed by atoms with Crippen LogP contribution in [0.5, 0.6) is 5.75 Å². The minimum absolute atomic E-state index is 0.950. The van der Waals surface area contributed by atoms with Crippen molar-refractivity contribution in [2.45, 2.75) is 58.8 Å². The van der Waals surface area contributed by atoms with Crippen molar-refractivity contribution in [1.82, 2.24) is 0 Å². The molecule has 0 aliphatic carbocycles. The average Bonchev–Trinajstić information content (AvgIpc) is 2.40. The zero-order chi connectivity index (χ0) is 13.1. The first-order chi connectivity index (χ1) is 8.86. The van der Waals surface area contributed by atoms with Crippen molar-refractivity contribution < 1.29 is 4.74 Å². The van der Waals surface area contributed by atoms with E-state index in [-0.39, 0.29) is 0 Å². The quantitative estimate of drug-likeness (QED) is 0.400. The molecule has 0 aliphatic rings. The molecule has 0 bridgehead atoms. The fraction of sp³-hybridized carbons (Fsp3) is 0.529. The molecule has 0 radical (unpaired) electrons. The number of hydrogen-bond acceptors (Lipinski definition) is 1. The molecule has 1 rings (SSSR count). The van der Waals surface area contributed by atoms with Crippen LogP contribution in [0, 0.1) is 0 Å². The Morgan fingerprint density at radius 3 is 2.39 bits per heavy atom. The Balaban J connectivity index is 2.34. The highest BCUT2D eigenvalue weighted by Gasteiger charge is 2.00. The fourth-order valence-corrected chi connectivity index (χ4v) is 1.97. The number of unbranched alkanes of at least 4 members (excludes halogenated alkanes) is 4. The second kappa shape index (κ2) is 9.76. The molecule has 0 saturated carbocycles. The second-order valence-electron chi connectivity index (χ2n) is 4.66. The predicted octanol–water partition coefficient (Wildman–Crippen LogP) is 5.72. The molecule has 0 saturated heterocycles. The Bertz CT molecular complexity index is 327. The van der Waals surface area contributed by atoms with Crippen LogP contribution in [0.3, 0.4) is 0 Å². The average molecular weight is 246 g/mol. The van der Waals surface area contributed by atoms with Crippen LogP contribution in [-0.4, -0.2) is 0 Å². The van der Waals surface area contributed by atoms with E-state index < -0.39 is 0 Å². The molecule has 100 valence electrons. The lowest BCUT2D eigenvalue weighted by Gasteiger charge is -2.10. The number of allylic oxidation sites excluding steroid dienone is 2. The molecule has 1 aromatic rings. The molecule has 0 aromatic heterocycles. The highest BCUT2D eigenvalue weighted by molar-refractivity contribution is 5.23. The first kappa shape index (κ1) is 14.8. The van der Waals surface area contributed by atoms with Crippen molar-refractivity contribution in [3.8, 4) is 5.75 Å². The van der Waals surface area contributed by atoms with E-state index in [4.69, 9.17) is 4.74 Å². The van der Waals surface area contributed by atoms with E-state index in [2.05, 4.69) is 19.9 Å². The van der Waals surface area contributed by atoms with E-state index in [1.807, 2.05) is 30.3 Å². The van der Waals surface area contributed by atoms with Gasteiger partial charge in [-0.2, -0.15) is 0 Å². The van der Waals surface area contributed by atoms with Crippen molar-refractivity contribution in [2.75, 3.05) is 0 Å². The van der Waals surface area contributed by atoms with Gasteiger partial charge < -0.3 is 4.74 Å². The van der Waals surface area contributed by atoms with Crippen LogP contribution in [0.4, 0.5) is 0 Å². The Labute approximate surface area is 112 Å². The van der Waals surface area contributed by atoms with Crippen molar-refractivity contribution in [2.24, 2.45) is 0 Å². The Hall–Kier alpha value is -1.24. The summed E-state index contributed by atoms with van der Waals surface area (Å²) in [5.74, 6) is 2.07. The maximum Gasteiger partial charge on any atom is 0.126 e. The van der Waals surface area contributed by atoms with Crippen LogP contribution in [0.2, 0.25) is 0 Å². The highest BCUT2D eigenvalue weighted by Crippen LogP contribution is 2.18. The summed E-state index contributed by atoms with van der Waals surface area (Å²) in [5, 5.41) is 0. The van der Waals surface area contributed by atoms with E-state index in [0.717, 1.165) is 24.4 Å². The van der Waals surface area contributed by atoms with Gasteiger partial charge >= 0.3 is 0 Å². The van der Waals surface area contributed by atoms with Gasteiger partial charge in [0.05, 0.1) is 0 Å². The highest BCUT2D eigenvalue weighted by atomic mass is 16.5. The topological polar surface area (TPSA) is 9.23 Å². The molecular formula is C17H26O. The summed E-state index contributed by atoms with van der Waals surface area (Å²) >= 11 is 0. The summed E-state index contributed by atoms with van der Waals surface area (Å²) in [6, 6.07) is 10.1. The van der Waals surface area contributed by atoms with Gasteiger partial charge in [0.1, 0.15) is 11.5 Å². The van der Waals surface area contributed by atoms with Gasteiger partial charge in [-0.1, -0.05) is 57.7 Å². The van der Waals surface area contributed by atoms with Gasteiger partial charge in [0.15, 0.2) is 0 Å². The van der Waals surface area contributed by atoms with Gasteiger partial charge in [-0.25, -0.2) is 0 Å². The standard InChI is InChI=1S/C17H26O/c1-3-5-6-7-9-13-16(12-4-2)18-17-14-10-8-11-15-17/h8,10-12,14-15H,3-7,9,13H2,1-2H3. The lowest BCUT2D eigenvalue weighted by molar-refractivity contribution is 0.393. The molecule has 1 aromatic carbocycles. The largest absolute Gasteiger partial charge is 0.462 e. The van der Waals surface area contributed by atoms with Gasteiger partial charge in [0, 0.05) is 6.42 Å². The normalized spacial score (nSPS) is 11.6. The van der Waals surface area contributed by atoms with Crippen LogP contribution >= 0.6 is 0 Å². The molecule has 18 heavy (non-hydrogen) atoms. The third-order valence-corrected chi connectivity index (χ3v) is 2.95. The monoisotopic (exact) mass is 246 g/mol. The van der Waals surface area contributed by atoms with E-state index in [1.165, 1.54) is 32.1 Å². The lowest BCUT2D eigenvalue weighted by Crippen LogP contribution is -1.96. The van der Waals surface area contributed by atoms with Gasteiger partial charge in [-0.15, -0.1) is 0 Å². The second-order valence-corrected chi connectivity index (χ2v) is 4.66. The van der Waals surface area contributed by atoms with E-state index in [9.17, 15) is 0 Å². The van der Waals surface area contributed by atoms with Crippen molar-refractivity contribution in [1.29, 1.82) is 0 Å². The molecule has 0 aliphatic heterocycles. The maximum absolute atomic E-state index is 5.92. The molecule has 0 fully saturated rings. The van der Waals surface area contributed by atoms with Gasteiger partial charge in [0.2, 0.25) is 0 Å². The zero-order valence-electron chi connectivity index (χ0n) is 11.8. The molecule has 0 N–H and O–H groups in total. The first-order valence-corrected chi connectivity index (χ1v) is 7.28. The smallest absolute Gasteiger partial charge is 0.126 e. The Morgan fingerprint density at radius 2 is 1.72 bits per heavy atom. The van der Waals surface area contributed by atoms with Crippen LogP contribution < -0.4 is 4.74 Å². The molecule has 0 amide bonds. The number of ether oxygens (including phenoxy) is 1. The predicted molar refractivity (Wildman–Crippen MR) is 78.8 cm³/mol.